The van der Waals surface area contributed by atoms with Gasteiger partial charge in [0, 0.05) is 21.7 Å². The summed E-state index contributed by atoms with van der Waals surface area (Å²) in [6.07, 6.45) is 0. The molecular formula is C9H7BrClNS. The molecule has 0 atom stereocenters. The summed E-state index contributed by atoms with van der Waals surface area (Å²) in [6.45, 7) is 0. The van der Waals surface area contributed by atoms with E-state index < -0.39 is 0 Å². The Balaban J connectivity index is 2.78. The van der Waals surface area contributed by atoms with Gasteiger partial charge >= 0.3 is 0 Å². The summed E-state index contributed by atoms with van der Waals surface area (Å²) in [6, 6.07) is 6.07. The minimum atomic E-state index is 0.467. The van der Waals surface area contributed by atoms with Crippen LogP contribution in [0, 0.1) is 0 Å². The van der Waals surface area contributed by atoms with Crippen LogP contribution in [0.3, 0.4) is 0 Å². The number of hydrogen-bond donors (Lipinski definition) is 1. The van der Waals surface area contributed by atoms with E-state index in [2.05, 4.69) is 22.0 Å². The largest absolute Gasteiger partial charge is 0.398 e. The number of anilines is 1. The Labute approximate surface area is 93.6 Å². The van der Waals surface area contributed by atoms with Gasteiger partial charge in [-0.3, -0.25) is 0 Å². The molecule has 1 aromatic heterocycles. The standard InChI is InChI=1S/C9H7BrClNS/c10-8-3-6-7(13-8)2-1-5(4-11)9(6)12/h1-3H,4,12H2. The van der Waals surface area contributed by atoms with E-state index >= 15 is 0 Å². The number of rotatable bonds is 1. The summed E-state index contributed by atoms with van der Waals surface area (Å²) in [5.41, 5.74) is 7.74. The predicted octanol–water partition coefficient (Wildman–Crippen LogP) is 3.98. The number of benzene rings is 1. The second-order valence-corrected chi connectivity index (χ2v) is 5.46. The van der Waals surface area contributed by atoms with Gasteiger partial charge in [-0.1, -0.05) is 6.07 Å². The molecule has 1 aromatic carbocycles. The molecule has 0 amide bonds. The Morgan fingerprint density at radius 3 is 2.92 bits per heavy atom. The Kier molecular flexibility index (Phi) is 2.49. The van der Waals surface area contributed by atoms with E-state index in [0.717, 1.165) is 20.4 Å². The van der Waals surface area contributed by atoms with E-state index in [-0.39, 0.29) is 0 Å². The highest BCUT2D eigenvalue weighted by atomic mass is 79.9. The maximum absolute atomic E-state index is 5.94. The SMILES string of the molecule is Nc1c(CCl)ccc2sc(Br)cc12. The Morgan fingerprint density at radius 2 is 2.23 bits per heavy atom. The minimum Gasteiger partial charge on any atom is -0.398 e. The molecule has 0 saturated carbocycles. The molecule has 4 heteroatoms. The van der Waals surface area contributed by atoms with Gasteiger partial charge in [-0.05, 0) is 33.6 Å². The highest BCUT2D eigenvalue weighted by molar-refractivity contribution is 9.11. The summed E-state index contributed by atoms with van der Waals surface area (Å²) >= 11 is 10.9. The van der Waals surface area contributed by atoms with Crippen LogP contribution in [0.25, 0.3) is 10.1 Å². The fourth-order valence-corrected chi connectivity index (χ4v) is 3.05. The average molecular weight is 277 g/mol. The first kappa shape index (κ1) is 9.31. The molecule has 68 valence electrons. The first-order valence-electron chi connectivity index (χ1n) is 3.74. The van der Waals surface area contributed by atoms with Gasteiger partial charge < -0.3 is 5.73 Å². The van der Waals surface area contributed by atoms with Crippen molar-refractivity contribution in [3.05, 3.63) is 27.5 Å². The molecule has 1 nitrogen and oxygen atoms in total. The average Bonchev–Trinajstić information content (AvgIpc) is 2.47. The number of fused-ring (bicyclic) bond motifs is 1. The van der Waals surface area contributed by atoms with Gasteiger partial charge in [-0.15, -0.1) is 22.9 Å². The molecule has 0 spiro atoms. The fourth-order valence-electron chi connectivity index (χ4n) is 1.26. The van der Waals surface area contributed by atoms with Gasteiger partial charge in [0.2, 0.25) is 0 Å². The number of nitrogens with two attached hydrogens (primary N) is 1. The quantitative estimate of drug-likeness (QED) is 0.619. The van der Waals surface area contributed by atoms with E-state index in [0.29, 0.717) is 5.88 Å². The zero-order chi connectivity index (χ0) is 9.42. The van der Waals surface area contributed by atoms with Gasteiger partial charge in [0.15, 0.2) is 0 Å². The van der Waals surface area contributed by atoms with Crippen molar-refractivity contribution in [2.45, 2.75) is 5.88 Å². The van der Waals surface area contributed by atoms with Crippen LogP contribution in [0.4, 0.5) is 5.69 Å². The number of nitrogen functional groups attached to an aromatic ring is 1. The van der Waals surface area contributed by atoms with Crippen LogP contribution in [-0.4, -0.2) is 0 Å². The first-order chi connectivity index (χ1) is 6.22. The Morgan fingerprint density at radius 1 is 1.46 bits per heavy atom. The summed E-state index contributed by atoms with van der Waals surface area (Å²) in [7, 11) is 0. The third-order valence-electron chi connectivity index (χ3n) is 1.95. The van der Waals surface area contributed by atoms with Crippen LogP contribution in [-0.2, 0) is 5.88 Å². The van der Waals surface area contributed by atoms with Crippen molar-refractivity contribution in [1.29, 1.82) is 0 Å². The highest BCUT2D eigenvalue weighted by Crippen LogP contribution is 2.35. The predicted molar refractivity (Wildman–Crippen MR) is 63.5 cm³/mol. The second kappa shape index (κ2) is 3.48. The molecule has 2 aromatic rings. The third kappa shape index (κ3) is 1.56. The molecule has 1 heterocycles. The van der Waals surface area contributed by atoms with Crippen molar-refractivity contribution >= 4 is 54.6 Å². The van der Waals surface area contributed by atoms with Gasteiger partial charge in [0.25, 0.3) is 0 Å². The molecule has 0 aliphatic heterocycles. The van der Waals surface area contributed by atoms with Crippen LogP contribution < -0.4 is 5.73 Å². The van der Waals surface area contributed by atoms with E-state index in [1.54, 1.807) is 11.3 Å². The van der Waals surface area contributed by atoms with Gasteiger partial charge in [0.1, 0.15) is 0 Å². The number of alkyl halides is 1. The molecule has 2 rings (SSSR count). The van der Waals surface area contributed by atoms with E-state index in [1.807, 2.05) is 12.1 Å². The third-order valence-corrected chi connectivity index (χ3v) is 3.84. The summed E-state index contributed by atoms with van der Waals surface area (Å²) in [4.78, 5) is 0. The Hall–Kier alpha value is -0.250. The van der Waals surface area contributed by atoms with Crippen LogP contribution >= 0.6 is 38.9 Å². The lowest BCUT2D eigenvalue weighted by Gasteiger charge is -2.01. The molecule has 13 heavy (non-hydrogen) atoms. The van der Waals surface area contributed by atoms with Crippen molar-refractivity contribution < 1.29 is 0 Å². The fraction of sp³-hybridized carbons (Fsp3) is 0.111. The highest BCUT2D eigenvalue weighted by Gasteiger charge is 2.06. The normalized spacial score (nSPS) is 10.9. The lowest BCUT2D eigenvalue weighted by molar-refractivity contribution is 1.43. The lowest BCUT2D eigenvalue weighted by atomic mass is 10.1. The van der Waals surface area contributed by atoms with Gasteiger partial charge in [0.05, 0.1) is 3.79 Å². The monoisotopic (exact) mass is 275 g/mol. The van der Waals surface area contributed by atoms with E-state index in [9.17, 15) is 0 Å². The first-order valence-corrected chi connectivity index (χ1v) is 5.89. The second-order valence-electron chi connectivity index (χ2n) is 2.73. The number of thiophene rings is 1. The molecule has 0 aliphatic carbocycles. The maximum atomic E-state index is 5.94. The maximum Gasteiger partial charge on any atom is 0.0711 e. The molecular weight excluding hydrogens is 270 g/mol. The van der Waals surface area contributed by atoms with Crippen molar-refractivity contribution in [3.8, 4) is 0 Å². The van der Waals surface area contributed by atoms with E-state index in [1.165, 1.54) is 4.70 Å². The van der Waals surface area contributed by atoms with Crippen LogP contribution in [0.2, 0.25) is 0 Å². The zero-order valence-electron chi connectivity index (χ0n) is 6.68. The van der Waals surface area contributed by atoms with Crippen molar-refractivity contribution in [1.82, 2.24) is 0 Å². The van der Waals surface area contributed by atoms with Crippen molar-refractivity contribution in [3.63, 3.8) is 0 Å². The van der Waals surface area contributed by atoms with Crippen molar-refractivity contribution in [2.24, 2.45) is 0 Å². The summed E-state index contributed by atoms with van der Waals surface area (Å²) in [5.74, 6) is 0.467. The smallest absolute Gasteiger partial charge is 0.0711 e. The zero-order valence-corrected chi connectivity index (χ0v) is 9.84. The van der Waals surface area contributed by atoms with E-state index in [4.69, 9.17) is 17.3 Å². The molecule has 2 N–H and O–H groups in total. The van der Waals surface area contributed by atoms with Gasteiger partial charge in [-0.2, -0.15) is 0 Å². The molecule has 0 fully saturated rings. The minimum absolute atomic E-state index is 0.467. The molecule has 0 saturated heterocycles. The van der Waals surface area contributed by atoms with Crippen molar-refractivity contribution in [2.75, 3.05) is 5.73 Å². The summed E-state index contributed by atoms with van der Waals surface area (Å²) in [5, 5.41) is 1.09. The Bertz CT molecular complexity index is 452. The topological polar surface area (TPSA) is 26.0 Å². The van der Waals surface area contributed by atoms with Crippen LogP contribution in [0.5, 0.6) is 0 Å². The van der Waals surface area contributed by atoms with Crippen LogP contribution in [0.15, 0.2) is 22.0 Å². The van der Waals surface area contributed by atoms with Gasteiger partial charge in [-0.25, -0.2) is 0 Å². The molecule has 0 unspecified atom stereocenters. The number of halogens is 2. The van der Waals surface area contributed by atoms with Crippen LogP contribution in [0.1, 0.15) is 5.56 Å². The molecule has 0 radical (unpaired) electrons. The lowest BCUT2D eigenvalue weighted by Crippen LogP contribution is -1.91. The summed E-state index contributed by atoms with van der Waals surface area (Å²) < 4.78 is 2.29. The number of hydrogen-bond acceptors (Lipinski definition) is 2. The molecule has 0 aliphatic rings. The molecule has 0 bridgehead atoms.